The zero-order chi connectivity index (χ0) is 26.9. The Hall–Kier alpha value is -4.14. The van der Waals surface area contributed by atoms with Gasteiger partial charge >= 0.3 is 12.1 Å². The van der Waals surface area contributed by atoms with Crippen LogP contribution in [0.25, 0.3) is 21.4 Å². The zero-order valence-corrected chi connectivity index (χ0v) is 20.3. The standard InChI is InChI=1S/C22H23FN8O7/c1-8-6-30-14-10(4-22(16(30)9(2)37-8)18(32)26-20(34)27-19(22)33)3-12-15(13(14)23)38-28-17(12)31-11(5-25-29-24)7-36-21(31)35/h3,8-9,11,16,18,32H,4-7H2,1-2H3,(H2,26,27,33,34)/t8-,9+,11-,16-,18?,22?/m1/s1. The molecule has 0 bridgehead atoms. The average Bonchev–Trinajstić information content (AvgIpc) is 3.43. The van der Waals surface area contributed by atoms with Crippen molar-refractivity contribution in [3.05, 3.63) is 27.9 Å². The first-order chi connectivity index (χ1) is 18.2. The second-order valence-electron chi connectivity index (χ2n) is 9.89. The molecular formula is C22H23FN8O7. The summed E-state index contributed by atoms with van der Waals surface area (Å²) in [6.07, 6.45) is -3.49. The van der Waals surface area contributed by atoms with E-state index in [4.69, 9.17) is 19.5 Å². The highest BCUT2D eigenvalue weighted by Crippen LogP contribution is 2.50. The van der Waals surface area contributed by atoms with Crippen LogP contribution >= 0.6 is 0 Å². The molecule has 4 aliphatic heterocycles. The highest BCUT2D eigenvalue weighted by Gasteiger charge is 2.63. The molecule has 3 saturated heterocycles. The molecule has 0 radical (unpaired) electrons. The minimum Gasteiger partial charge on any atom is -0.447 e. The van der Waals surface area contributed by atoms with Crippen molar-refractivity contribution in [3.8, 4) is 0 Å². The van der Waals surface area contributed by atoms with E-state index < -0.39 is 53.7 Å². The Labute approximate surface area is 213 Å². The quantitative estimate of drug-likeness (QED) is 0.297. The number of benzene rings is 1. The lowest BCUT2D eigenvalue weighted by Gasteiger charge is -2.57. The number of ether oxygens (including phenoxy) is 2. The van der Waals surface area contributed by atoms with Crippen LogP contribution in [0.1, 0.15) is 19.4 Å². The highest BCUT2D eigenvalue weighted by molar-refractivity contribution is 6.04. The van der Waals surface area contributed by atoms with Crippen LogP contribution < -0.4 is 20.4 Å². The third-order valence-corrected chi connectivity index (χ3v) is 7.67. The number of fused-ring (bicyclic) bond motifs is 5. The van der Waals surface area contributed by atoms with E-state index in [-0.39, 0.29) is 54.7 Å². The van der Waals surface area contributed by atoms with Crippen LogP contribution in [0, 0.1) is 11.2 Å². The summed E-state index contributed by atoms with van der Waals surface area (Å²) < 4.78 is 32.7. The summed E-state index contributed by atoms with van der Waals surface area (Å²) in [7, 11) is 0. The van der Waals surface area contributed by atoms with E-state index in [1.165, 1.54) is 0 Å². The molecule has 4 amide bonds. The Morgan fingerprint density at radius 3 is 2.89 bits per heavy atom. The van der Waals surface area contributed by atoms with Crippen LogP contribution in [0.4, 0.5) is 25.5 Å². The van der Waals surface area contributed by atoms with Crippen molar-refractivity contribution >= 4 is 40.5 Å². The summed E-state index contributed by atoms with van der Waals surface area (Å²) in [6, 6.07) is -0.819. The summed E-state index contributed by atoms with van der Waals surface area (Å²) in [4.78, 5) is 43.4. The molecule has 6 rings (SSSR count). The Morgan fingerprint density at radius 2 is 2.16 bits per heavy atom. The van der Waals surface area contributed by atoms with Crippen molar-refractivity contribution in [2.24, 2.45) is 10.5 Å². The van der Waals surface area contributed by atoms with Gasteiger partial charge in [0, 0.05) is 11.5 Å². The molecule has 3 fully saturated rings. The smallest absolute Gasteiger partial charge is 0.416 e. The highest BCUT2D eigenvalue weighted by atomic mass is 19.1. The third kappa shape index (κ3) is 3.23. The number of nitrogens with zero attached hydrogens (tertiary/aromatic N) is 6. The maximum absolute atomic E-state index is 16.2. The summed E-state index contributed by atoms with van der Waals surface area (Å²) in [5.41, 5.74) is 7.36. The Balaban J connectivity index is 1.54. The molecule has 2 aromatic rings. The lowest BCUT2D eigenvalue weighted by Crippen LogP contribution is -2.76. The number of halogens is 1. The first kappa shape index (κ1) is 24.2. The molecule has 2 unspecified atom stereocenters. The fourth-order valence-electron chi connectivity index (χ4n) is 6.25. The number of urea groups is 1. The van der Waals surface area contributed by atoms with Gasteiger partial charge in [-0.2, -0.15) is 0 Å². The number of amides is 4. The molecule has 38 heavy (non-hydrogen) atoms. The fourth-order valence-corrected chi connectivity index (χ4v) is 6.25. The van der Waals surface area contributed by atoms with Gasteiger partial charge in [0.05, 0.1) is 41.9 Å². The van der Waals surface area contributed by atoms with Crippen LogP contribution in [0.5, 0.6) is 0 Å². The largest absolute Gasteiger partial charge is 0.447 e. The van der Waals surface area contributed by atoms with E-state index >= 15 is 4.39 Å². The first-order valence-electron chi connectivity index (χ1n) is 12.0. The van der Waals surface area contributed by atoms with Gasteiger partial charge in [-0.05, 0) is 37.4 Å². The molecule has 5 heterocycles. The molecule has 1 spiro atoms. The molecule has 1 aromatic heterocycles. The topological polar surface area (TPSA) is 195 Å². The zero-order valence-electron chi connectivity index (χ0n) is 20.3. The monoisotopic (exact) mass is 530 g/mol. The van der Waals surface area contributed by atoms with Crippen molar-refractivity contribution in [3.63, 3.8) is 0 Å². The number of hydrogen-bond donors (Lipinski definition) is 3. The van der Waals surface area contributed by atoms with Gasteiger partial charge in [-0.1, -0.05) is 10.3 Å². The predicted molar refractivity (Wildman–Crippen MR) is 126 cm³/mol. The number of azide groups is 1. The number of aromatic nitrogens is 1. The first-order valence-corrected chi connectivity index (χ1v) is 12.0. The van der Waals surface area contributed by atoms with Gasteiger partial charge in [-0.15, -0.1) is 0 Å². The van der Waals surface area contributed by atoms with Crippen molar-refractivity contribution in [2.75, 3.05) is 29.5 Å². The van der Waals surface area contributed by atoms with E-state index in [2.05, 4.69) is 25.8 Å². The van der Waals surface area contributed by atoms with Crippen LogP contribution in [0.15, 0.2) is 15.7 Å². The SMILES string of the molecule is C[C@@H]1CN2c3c(cc4c(N5C(=O)OC[C@H]5CN=[N+]=[N-])noc4c3F)CC3(C(=O)NC(=O)NC3O)[C@H]2[C@H](C)O1. The van der Waals surface area contributed by atoms with Crippen molar-refractivity contribution < 1.29 is 37.9 Å². The molecule has 1 aromatic carbocycles. The summed E-state index contributed by atoms with van der Waals surface area (Å²) >= 11 is 0. The predicted octanol–water partition coefficient (Wildman–Crippen LogP) is 1.28. The summed E-state index contributed by atoms with van der Waals surface area (Å²) in [5.74, 6) is -1.52. The molecular weight excluding hydrogens is 507 g/mol. The van der Waals surface area contributed by atoms with Gasteiger partial charge < -0.3 is 29.3 Å². The van der Waals surface area contributed by atoms with Crippen LogP contribution in [0.3, 0.4) is 0 Å². The minimum absolute atomic E-state index is 0.0378. The minimum atomic E-state index is -1.62. The second kappa shape index (κ2) is 8.44. The molecule has 15 nitrogen and oxygen atoms in total. The van der Waals surface area contributed by atoms with Gasteiger partial charge in [-0.3, -0.25) is 15.0 Å². The molecule has 16 heteroatoms. The number of nitrogens with one attached hydrogen (secondary N) is 2. The molecule has 200 valence electrons. The van der Waals surface area contributed by atoms with Gasteiger partial charge in [0.1, 0.15) is 18.2 Å². The maximum Gasteiger partial charge on any atom is 0.416 e. The lowest BCUT2D eigenvalue weighted by atomic mass is 9.66. The molecule has 4 aliphatic rings. The van der Waals surface area contributed by atoms with Crippen molar-refractivity contribution in [1.82, 2.24) is 15.8 Å². The normalized spacial score (nSPS) is 32.4. The summed E-state index contributed by atoms with van der Waals surface area (Å²) in [5, 5.41) is 23.3. The van der Waals surface area contributed by atoms with Gasteiger partial charge in [-0.25, -0.2) is 14.0 Å². The number of cyclic esters (lactones) is 1. The average molecular weight is 530 g/mol. The number of aliphatic hydroxyl groups is 1. The van der Waals surface area contributed by atoms with E-state index in [1.807, 2.05) is 0 Å². The van der Waals surface area contributed by atoms with E-state index in [1.54, 1.807) is 24.8 Å². The number of rotatable bonds is 3. The van der Waals surface area contributed by atoms with Gasteiger partial charge in [0.25, 0.3) is 0 Å². The molecule has 0 aliphatic carbocycles. The maximum atomic E-state index is 16.2. The summed E-state index contributed by atoms with van der Waals surface area (Å²) in [6.45, 7) is 3.54. The number of imide groups is 1. The number of hydrogen-bond acceptors (Lipinski definition) is 10. The molecule has 0 saturated carbocycles. The van der Waals surface area contributed by atoms with Gasteiger partial charge in [0.15, 0.2) is 11.6 Å². The number of aliphatic hydroxyl groups excluding tert-OH is 1. The van der Waals surface area contributed by atoms with E-state index in [9.17, 15) is 19.5 Å². The Bertz CT molecular complexity index is 1430. The fraction of sp³-hybridized carbons (Fsp3) is 0.545. The Kier molecular flexibility index (Phi) is 5.38. The second-order valence-corrected chi connectivity index (χ2v) is 9.89. The van der Waals surface area contributed by atoms with Crippen molar-refractivity contribution in [1.29, 1.82) is 0 Å². The molecule has 3 N–H and O–H groups in total. The number of carbonyl (C=O) groups is 3. The molecule has 6 atom stereocenters. The van der Waals surface area contributed by atoms with Crippen molar-refractivity contribution in [2.45, 2.75) is 50.8 Å². The number of carbonyl (C=O) groups excluding carboxylic acids is 3. The third-order valence-electron chi connectivity index (χ3n) is 7.67. The van der Waals surface area contributed by atoms with E-state index in [0.717, 1.165) is 4.90 Å². The Morgan fingerprint density at radius 1 is 1.37 bits per heavy atom. The van der Waals surface area contributed by atoms with Gasteiger partial charge in [0.2, 0.25) is 11.5 Å². The van der Waals surface area contributed by atoms with Crippen LogP contribution in [-0.4, -0.2) is 78.5 Å². The number of anilines is 2. The van der Waals surface area contributed by atoms with E-state index in [0.29, 0.717) is 5.56 Å². The lowest BCUT2D eigenvalue weighted by molar-refractivity contribution is -0.155. The number of morpholine rings is 1. The van der Waals surface area contributed by atoms with Crippen LogP contribution in [0.2, 0.25) is 0 Å². The van der Waals surface area contributed by atoms with Crippen LogP contribution in [-0.2, 0) is 20.7 Å².